The number of ether oxygens (including phenoxy) is 1. The summed E-state index contributed by atoms with van der Waals surface area (Å²) in [6.07, 6.45) is 2.17. The van der Waals surface area contributed by atoms with Crippen LogP contribution in [-0.2, 0) is 10.0 Å². The molecule has 0 radical (unpaired) electrons. The number of nitrogens with one attached hydrogen (secondary N) is 1. The Balaban J connectivity index is 1.86. The topological polar surface area (TPSA) is 82.4 Å². The Morgan fingerprint density at radius 2 is 1.96 bits per heavy atom. The van der Waals surface area contributed by atoms with Crippen molar-refractivity contribution in [3.05, 3.63) is 58.6 Å². The highest BCUT2D eigenvalue weighted by atomic mass is 35.5. The second kappa shape index (κ2) is 8.93. The first-order valence-corrected chi connectivity index (χ1v) is 10.9. The van der Waals surface area contributed by atoms with Crippen LogP contribution < -0.4 is 9.46 Å². The van der Waals surface area contributed by atoms with Gasteiger partial charge >= 0.3 is 0 Å². The number of rotatable bonds is 7. The number of hydrogen-bond donors (Lipinski definition) is 1. The lowest BCUT2D eigenvalue weighted by molar-refractivity contribution is 0.240. The van der Waals surface area contributed by atoms with Gasteiger partial charge in [0.05, 0.1) is 28.6 Å². The Morgan fingerprint density at radius 1 is 1.25 bits per heavy atom. The molecule has 28 heavy (non-hydrogen) atoms. The van der Waals surface area contributed by atoms with Gasteiger partial charge in [-0.05, 0) is 50.2 Å². The predicted octanol–water partition coefficient (Wildman–Crippen LogP) is 3.34. The molecule has 1 N–H and O–H groups in total. The van der Waals surface area contributed by atoms with Crippen molar-refractivity contribution in [1.29, 1.82) is 5.26 Å². The van der Waals surface area contributed by atoms with Crippen LogP contribution in [0, 0.1) is 11.3 Å². The lowest BCUT2D eigenvalue weighted by atomic mass is 10.0. The number of sulfonamides is 1. The van der Waals surface area contributed by atoms with Crippen molar-refractivity contribution in [3.8, 4) is 11.8 Å². The molecule has 0 amide bonds. The van der Waals surface area contributed by atoms with Crippen LogP contribution in [-0.4, -0.2) is 40.1 Å². The quantitative estimate of drug-likeness (QED) is 0.744. The van der Waals surface area contributed by atoms with Gasteiger partial charge in [0.25, 0.3) is 0 Å². The minimum absolute atomic E-state index is 0.0219. The van der Waals surface area contributed by atoms with Gasteiger partial charge in [0.15, 0.2) is 0 Å². The third-order valence-electron chi connectivity index (χ3n) is 4.91. The Kier molecular flexibility index (Phi) is 6.57. The molecule has 1 aliphatic rings. The van der Waals surface area contributed by atoms with Gasteiger partial charge in [-0.25, -0.2) is 13.1 Å². The van der Waals surface area contributed by atoms with E-state index in [2.05, 4.69) is 9.62 Å². The van der Waals surface area contributed by atoms with Gasteiger partial charge < -0.3 is 4.74 Å². The summed E-state index contributed by atoms with van der Waals surface area (Å²) in [7, 11) is -2.18. The Hall–Kier alpha value is -2.11. The standard InChI is InChI=1S/C20H22ClN3O3S/c1-27-20-7-3-2-6-17(20)19(24-10-4-5-11-24)14-23-28(25,26)16-8-9-18(21)15(12-16)13-22/h2-3,6-9,12,19,23H,4-5,10-11,14H2,1H3. The molecule has 1 fully saturated rings. The van der Waals surface area contributed by atoms with Crippen LogP contribution in [0.15, 0.2) is 47.4 Å². The summed E-state index contributed by atoms with van der Waals surface area (Å²) in [5.41, 5.74) is 1.08. The molecule has 0 bridgehead atoms. The van der Waals surface area contributed by atoms with Gasteiger partial charge in [-0.3, -0.25) is 4.90 Å². The summed E-state index contributed by atoms with van der Waals surface area (Å²) in [5.74, 6) is 0.733. The molecular formula is C20H22ClN3O3S. The van der Waals surface area contributed by atoms with Crippen molar-refractivity contribution in [2.45, 2.75) is 23.8 Å². The highest BCUT2D eigenvalue weighted by Crippen LogP contribution is 2.31. The normalized spacial score (nSPS) is 15.9. The average molecular weight is 420 g/mol. The maximum absolute atomic E-state index is 12.8. The van der Waals surface area contributed by atoms with Crippen molar-refractivity contribution in [3.63, 3.8) is 0 Å². The zero-order chi connectivity index (χ0) is 20.1. The van der Waals surface area contributed by atoms with E-state index >= 15 is 0 Å². The van der Waals surface area contributed by atoms with Gasteiger partial charge in [-0.15, -0.1) is 0 Å². The van der Waals surface area contributed by atoms with Crippen LogP contribution >= 0.6 is 11.6 Å². The molecular weight excluding hydrogens is 398 g/mol. The number of halogens is 1. The van der Waals surface area contributed by atoms with E-state index in [0.717, 1.165) is 37.2 Å². The lowest BCUT2D eigenvalue weighted by Crippen LogP contribution is -2.37. The molecule has 2 aromatic carbocycles. The highest BCUT2D eigenvalue weighted by molar-refractivity contribution is 7.89. The molecule has 0 spiro atoms. The van der Waals surface area contributed by atoms with Crippen LogP contribution in [0.2, 0.25) is 5.02 Å². The van der Waals surface area contributed by atoms with E-state index in [0.29, 0.717) is 0 Å². The van der Waals surface area contributed by atoms with E-state index in [4.69, 9.17) is 21.6 Å². The summed E-state index contributed by atoms with van der Waals surface area (Å²) >= 11 is 5.92. The van der Waals surface area contributed by atoms with Crippen molar-refractivity contribution >= 4 is 21.6 Å². The van der Waals surface area contributed by atoms with E-state index in [1.165, 1.54) is 18.2 Å². The summed E-state index contributed by atoms with van der Waals surface area (Å²) < 4.78 is 33.8. The number of benzene rings is 2. The molecule has 0 aliphatic carbocycles. The lowest BCUT2D eigenvalue weighted by Gasteiger charge is -2.29. The SMILES string of the molecule is COc1ccccc1C(CNS(=O)(=O)c1ccc(Cl)c(C#N)c1)N1CCCC1. The Labute approximate surface area is 170 Å². The van der Waals surface area contributed by atoms with E-state index in [9.17, 15) is 8.42 Å². The second-order valence-corrected chi connectivity index (χ2v) is 8.78. The van der Waals surface area contributed by atoms with Gasteiger partial charge in [-0.2, -0.15) is 5.26 Å². The fourth-order valence-corrected chi connectivity index (χ4v) is 4.68. The third-order valence-corrected chi connectivity index (χ3v) is 6.67. The first kappa shape index (κ1) is 20.6. The van der Waals surface area contributed by atoms with Crippen molar-refractivity contribution in [2.24, 2.45) is 0 Å². The maximum Gasteiger partial charge on any atom is 0.240 e. The van der Waals surface area contributed by atoms with E-state index in [1.807, 2.05) is 30.3 Å². The predicted molar refractivity (Wildman–Crippen MR) is 108 cm³/mol. The molecule has 8 heteroatoms. The largest absolute Gasteiger partial charge is 0.496 e. The molecule has 1 saturated heterocycles. The Bertz CT molecular complexity index is 982. The zero-order valence-corrected chi connectivity index (χ0v) is 17.1. The fraction of sp³-hybridized carbons (Fsp3) is 0.350. The molecule has 1 atom stereocenters. The molecule has 1 unspecified atom stereocenters. The van der Waals surface area contributed by atoms with Crippen LogP contribution in [0.25, 0.3) is 0 Å². The number of nitriles is 1. The van der Waals surface area contributed by atoms with Crippen molar-refractivity contribution in [2.75, 3.05) is 26.7 Å². The summed E-state index contributed by atoms with van der Waals surface area (Å²) in [6, 6.07) is 13.5. The van der Waals surface area contributed by atoms with E-state index < -0.39 is 10.0 Å². The molecule has 0 aromatic heterocycles. The summed E-state index contributed by atoms with van der Waals surface area (Å²) in [5, 5.41) is 9.33. The summed E-state index contributed by atoms with van der Waals surface area (Å²) in [4.78, 5) is 2.29. The summed E-state index contributed by atoms with van der Waals surface area (Å²) in [6.45, 7) is 2.02. The molecule has 1 heterocycles. The van der Waals surface area contributed by atoms with Gasteiger partial charge in [0, 0.05) is 12.1 Å². The maximum atomic E-state index is 12.8. The second-order valence-electron chi connectivity index (χ2n) is 6.61. The smallest absolute Gasteiger partial charge is 0.240 e. The number of para-hydroxylation sites is 1. The number of methoxy groups -OCH3 is 1. The third kappa shape index (κ3) is 4.47. The Morgan fingerprint density at radius 3 is 2.64 bits per heavy atom. The van der Waals surface area contributed by atoms with Crippen molar-refractivity contribution in [1.82, 2.24) is 9.62 Å². The average Bonchev–Trinajstić information content (AvgIpc) is 3.23. The van der Waals surface area contributed by atoms with Crippen LogP contribution in [0.5, 0.6) is 5.75 Å². The molecule has 6 nitrogen and oxygen atoms in total. The van der Waals surface area contributed by atoms with Crippen molar-refractivity contribution < 1.29 is 13.2 Å². The minimum atomic E-state index is -3.79. The minimum Gasteiger partial charge on any atom is -0.496 e. The molecule has 148 valence electrons. The number of nitrogens with zero attached hydrogens (tertiary/aromatic N) is 2. The van der Waals surface area contributed by atoms with Gasteiger partial charge in [0.1, 0.15) is 11.8 Å². The fourth-order valence-electron chi connectivity index (χ4n) is 3.46. The van der Waals surface area contributed by atoms with E-state index in [1.54, 1.807) is 7.11 Å². The first-order chi connectivity index (χ1) is 13.5. The first-order valence-electron chi connectivity index (χ1n) is 9.02. The van der Waals surface area contributed by atoms with E-state index in [-0.39, 0.29) is 28.1 Å². The molecule has 0 saturated carbocycles. The van der Waals surface area contributed by atoms with Gasteiger partial charge in [-0.1, -0.05) is 29.8 Å². The van der Waals surface area contributed by atoms with Crippen LogP contribution in [0.4, 0.5) is 0 Å². The number of likely N-dealkylation sites (tertiary alicyclic amines) is 1. The van der Waals surface area contributed by atoms with Crippen LogP contribution in [0.1, 0.15) is 30.0 Å². The van der Waals surface area contributed by atoms with Gasteiger partial charge in [0.2, 0.25) is 10.0 Å². The molecule has 1 aliphatic heterocycles. The molecule has 3 rings (SSSR count). The highest BCUT2D eigenvalue weighted by Gasteiger charge is 2.27. The monoisotopic (exact) mass is 419 g/mol. The van der Waals surface area contributed by atoms with Crippen LogP contribution in [0.3, 0.4) is 0 Å². The zero-order valence-electron chi connectivity index (χ0n) is 15.6. The number of hydrogen-bond acceptors (Lipinski definition) is 5. The molecule has 2 aromatic rings.